The van der Waals surface area contributed by atoms with Crippen molar-refractivity contribution in [3.05, 3.63) is 65.9 Å². The van der Waals surface area contributed by atoms with Crippen LogP contribution < -0.4 is 10.2 Å². The number of nitrogens with zero attached hydrogens (tertiary/aromatic N) is 1. The highest BCUT2D eigenvalue weighted by Gasteiger charge is 2.31. The number of nitrogens with two attached hydrogens (primary N) is 1. The molecule has 4 rings (SSSR count). The molecule has 5 heteroatoms. The lowest BCUT2D eigenvalue weighted by Gasteiger charge is -2.19. The van der Waals surface area contributed by atoms with Crippen molar-refractivity contribution in [2.45, 2.75) is 18.4 Å². The number of carbonyl (C=O) groups is 1. The summed E-state index contributed by atoms with van der Waals surface area (Å²) in [6, 6.07) is 17.0. The molecule has 3 aromatic rings. The summed E-state index contributed by atoms with van der Waals surface area (Å²) in [4.78, 5) is 17.4. The van der Waals surface area contributed by atoms with Gasteiger partial charge in [-0.3, -0.25) is 0 Å². The lowest BCUT2D eigenvalue weighted by Crippen LogP contribution is -2.92. The van der Waals surface area contributed by atoms with Gasteiger partial charge in [0.25, 0.3) is 0 Å². The molecule has 1 aliphatic heterocycles. The Morgan fingerprint density at radius 3 is 2.67 bits per heavy atom. The molecule has 0 amide bonds. The molecular formula is C22H26N3O2+. The van der Waals surface area contributed by atoms with Crippen LogP contribution in [0.5, 0.6) is 0 Å². The zero-order valence-electron chi connectivity index (χ0n) is 15.8. The van der Waals surface area contributed by atoms with Gasteiger partial charge in [-0.25, -0.2) is 4.79 Å². The largest absolute Gasteiger partial charge is 0.461 e. The Morgan fingerprint density at radius 2 is 1.96 bits per heavy atom. The van der Waals surface area contributed by atoms with Crippen LogP contribution in [0.4, 0.5) is 5.69 Å². The molecule has 27 heavy (non-hydrogen) atoms. The van der Waals surface area contributed by atoms with Crippen molar-refractivity contribution < 1.29 is 14.8 Å². The molecule has 2 aromatic carbocycles. The van der Waals surface area contributed by atoms with E-state index < -0.39 is 0 Å². The highest BCUT2D eigenvalue weighted by Crippen LogP contribution is 2.31. The number of ether oxygens (including phenoxy) is 1. The first-order valence-electron chi connectivity index (χ1n) is 9.47. The fourth-order valence-corrected chi connectivity index (χ4v) is 3.86. The van der Waals surface area contributed by atoms with E-state index >= 15 is 0 Å². The van der Waals surface area contributed by atoms with Crippen molar-refractivity contribution in [1.29, 1.82) is 0 Å². The fraction of sp³-hybridized carbons (Fsp3) is 0.318. The minimum atomic E-state index is -0.0874. The normalized spacial score (nSPS) is 17.9. The highest BCUT2D eigenvalue weighted by atomic mass is 16.5. The molecular weight excluding hydrogens is 338 g/mol. The maximum absolute atomic E-state index is 11.9. The number of aromatic nitrogens is 1. The molecule has 0 radical (unpaired) electrons. The lowest BCUT2D eigenvalue weighted by molar-refractivity contribution is -0.677. The van der Waals surface area contributed by atoms with E-state index in [2.05, 4.69) is 63.9 Å². The predicted octanol–water partition coefficient (Wildman–Crippen LogP) is 2.24. The van der Waals surface area contributed by atoms with Gasteiger partial charge in [0, 0.05) is 43.3 Å². The molecule has 2 atom stereocenters. The molecule has 0 unspecified atom stereocenters. The number of esters is 1. The zero-order valence-corrected chi connectivity index (χ0v) is 15.8. The smallest absolute Gasteiger partial charge is 0.364 e. The molecule has 0 aliphatic carbocycles. The second-order valence-corrected chi connectivity index (χ2v) is 7.36. The number of cyclic esters (lactones) is 1. The number of fused-ring (bicyclic) bond motifs is 1. The van der Waals surface area contributed by atoms with Gasteiger partial charge in [-0.2, -0.15) is 0 Å². The minimum absolute atomic E-state index is 0.0845. The van der Waals surface area contributed by atoms with Crippen molar-refractivity contribution in [2.75, 3.05) is 32.1 Å². The first-order valence-corrected chi connectivity index (χ1v) is 9.47. The number of rotatable bonds is 6. The third-order valence-corrected chi connectivity index (χ3v) is 5.44. The van der Waals surface area contributed by atoms with Crippen molar-refractivity contribution in [1.82, 2.24) is 4.98 Å². The Labute approximate surface area is 159 Å². The first kappa shape index (κ1) is 17.6. The van der Waals surface area contributed by atoms with Crippen LogP contribution in [0.2, 0.25) is 0 Å². The second-order valence-electron chi connectivity index (χ2n) is 7.36. The first-order chi connectivity index (χ1) is 13.1. The SMILES string of the molecule is CN(C)c1ccc([C@H](C[NH2+][C@H]2CCOC2=O)c2c[nH]c3ccccc23)cc1. The summed E-state index contributed by atoms with van der Waals surface area (Å²) in [5.41, 5.74) is 4.85. The molecule has 3 N–H and O–H groups in total. The molecule has 0 bridgehead atoms. The minimum Gasteiger partial charge on any atom is -0.461 e. The molecule has 1 aliphatic rings. The molecule has 140 valence electrons. The van der Waals surface area contributed by atoms with Gasteiger partial charge in [-0.1, -0.05) is 30.3 Å². The number of benzene rings is 2. The quantitative estimate of drug-likeness (QED) is 0.660. The summed E-state index contributed by atoms with van der Waals surface area (Å²) in [6.45, 7) is 1.35. The number of nitrogens with one attached hydrogen (secondary N) is 1. The van der Waals surface area contributed by atoms with Crippen molar-refractivity contribution in [2.24, 2.45) is 0 Å². The number of H-pyrrole nitrogens is 1. The van der Waals surface area contributed by atoms with E-state index in [1.54, 1.807) is 0 Å². The molecule has 1 aromatic heterocycles. The van der Waals surface area contributed by atoms with Gasteiger partial charge >= 0.3 is 5.97 Å². The van der Waals surface area contributed by atoms with Gasteiger partial charge in [0.15, 0.2) is 6.04 Å². The van der Waals surface area contributed by atoms with Crippen LogP contribution in [0.15, 0.2) is 54.7 Å². The van der Waals surface area contributed by atoms with Crippen LogP contribution in [0.25, 0.3) is 10.9 Å². The number of para-hydroxylation sites is 1. The van der Waals surface area contributed by atoms with E-state index in [-0.39, 0.29) is 17.9 Å². The summed E-state index contributed by atoms with van der Waals surface area (Å²) in [7, 11) is 4.09. The van der Waals surface area contributed by atoms with Crippen LogP contribution in [0, 0.1) is 0 Å². The lowest BCUT2D eigenvalue weighted by atomic mass is 9.90. The average Bonchev–Trinajstić information content (AvgIpc) is 3.29. The third-order valence-electron chi connectivity index (χ3n) is 5.44. The number of aromatic amines is 1. The van der Waals surface area contributed by atoms with E-state index in [1.165, 1.54) is 22.2 Å². The van der Waals surface area contributed by atoms with Gasteiger partial charge in [0.2, 0.25) is 0 Å². The summed E-state index contributed by atoms with van der Waals surface area (Å²) in [5.74, 6) is 0.112. The van der Waals surface area contributed by atoms with E-state index in [0.29, 0.717) is 6.61 Å². The van der Waals surface area contributed by atoms with Crippen molar-refractivity contribution >= 4 is 22.6 Å². The van der Waals surface area contributed by atoms with E-state index in [9.17, 15) is 4.79 Å². The molecule has 1 saturated heterocycles. The number of carbonyl (C=O) groups excluding carboxylic acids is 1. The Bertz CT molecular complexity index is 930. The van der Waals surface area contributed by atoms with Gasteiger partial charge in [0.05, 0.1) is 19.1 Å². The zero-order chi connectivity index (χ0) is 18.8. The van der Waals surface area contributed by atoms with Gasteiger partial charge in [-0.15, -0.1) is 0 Å². The molecule has 5 nitrogen and oxygen atoms in total. The Kier molecular flexibility index (Phi) is 4.86. The topological polar surface area (TPSA) is 61.9 Å². The van der Waals surface area contributed by atoms with E-state index in [1.807, 2.05) is 20.2 Å². The summed E-state index contributed by atoms with van der Waals surface area (Å²) < 4.78 is 5.12. The van der Waals surface area contributed by atoms with E-state index in [0.717, 1.165) is 18.5 Å². The van der Waals surface area contributed by atoms with Gasteiger partial charge < -0.3 is 19.9 Å². The van der Waals surface area contributed by atoms with Crippen LogP contribution in [-0.2, 0) is 9.53 Å². The maximum atomic E-state index is 11.9. The molecule has 0 spiro atoms. The Hall–Kier alpha value is -2.79. The molecule has 2 heterocycles. The standard InChI is InChI=1S/C22H25N3O2/c1-25(2)16-9-7-15(8-10-16)18(13-24-21-11-12-27-22(21)26)19-14-23-20-6-4-3-5-17(19)20/h3-10,14,18,21,23-24H,11-13H2,1-2H3/p+1/t18-,21-/m0/s1. The summed E-state index contributed by atoms with van der Waals surface area (Å²) in [5, 5.41) is 3.38. The van der Waals surface area contributed by atoms with Crippen LogP contribution in [0.1, 0.15) is 23.5 Å². The maximum Gasteiger partial charge on any atom is 0.364 e. The number of anilines is 1. The monoisotopic (exact) mass is 364 g/mol. The van der Waals surface area contributed by atoms with Gasteiger partial charge in [0.1, 0.15) is 0 Å². The summed E-state index contributed by atoms with van der Waals surface area (Å²) in [6.07, 6.45) is 2.90. The fourth-order valence-electron chi connectivity index (χ4n) is 3.86. The highest BCUT2D eigenvalue weighted by molar-refractivity contribution is 5.84. The number of quaternary nitrogens is 1. The van der Waals surface area contributed by atoms with Crippen molar-refractivity contribution in [3.63, 3.8) is 0 Å². The third kappa shape index (κ3) is 3.55. The average molecular weight is 364 g/mol. The van der Waals surface area contributed by atoms with Crippen LogP contribution >= 0.6 is 0 Å². The number of hydrogen-bond donors (Lipinski definition) is 2. The van der Waals surface area contributed by atoms with Crippen molar-refractivity contribution in [3.8, 4) is 0 Å². The van der Waals surface area contributed by atoms with Crippen LogP contribution in [-0.4, -0.2) is 44.2 Å². The Balaban J connectivity index is 1.67. The molecule has 0 saturated carbocycles. The second kappa shape index (κ2) is 7.45. The van der Waals surface area contributed by atoms with E-state index in [4.69, 9.17) is 4.74 Å². The predicted molar refractivity (Wildman–Crippen MR) is 107 cm³/mol. The number of hydrogen-bond acceptors (Lipinski definition) is 3. The van der Waals surface area contributed by atoms with Crippen LogP contribution in [0.3, 0.4) is 0 Å². The molecule has 1 fully saturated rings. The van der Waals surface area contributed by atoms with Gasteiger partial charge in [-0.05, 0) is 29.3 Å². The summed E-state index contributed by atoms with van der Waals surface area (Å²) >= 11 is 0. The Morgan fingerprint density at radius 1 is 1.19 bits per heavy atom.